The number of aldehydes is 1. The van der Waals surface area contributed by atoms with Crippen LogP contribution in [0, 0.1) is 34.5 Å². The maximum Gasteiger partial charge on any atom is 0.120 e. The van der Waals surface area contributed by atoms with E-state index in [1.807, 2.05) is 0 Å². The molecule has 0 aliphatic heterocycles. The van der Waals surface area contributed by atoms with E-state index in [1.165, 1.54) is 12.8 Å². The molecule has 0 spiro atoms. The average molecular weight is 349 g/mol. The van der Waals surface area contributed by atoms with E-state index in [9.17, 15) is 15.0 Å². The molecular weight excluding hydrogens is 312 g/mol. The summed E-state index contributed by atoms with van der Waals surface area (Å²) < 4.78 is 0. The van der Waals surface area contributed by atoms with E-state index in [0.29, 0.717) is 35.5 Å². The Morgan fingerprint density at radius 3 is 2.56 bits per heavy atom. The van der Waals surface area contributed by atoms with Gasteiger partial charge in [-0.05, 0) is 98.7 Å². The highest BCUT2D eigenvalue weighted by Crippen LogP contribution is 2.69. The Bertz CT molecular complexity index is 533. The van der Waals surface area contributed by atoms with Crippen molar-refractivity contribution in [2.45, 2.75) is 96.2 Å². The number of fused-ring (bicyclic) bond motifs is 5. The third-order valence-electron chi connectivity index (χ3n) is 9.65. The minimum atomic E-state index is -0.534. The summed E-state index contributed by atoms with van der Waals surface area (Å²) in [5.41, 5.74) is -0.234. The number of aliphatic hydroxyl groups is 2. The predicted molar refractivity (Wildman–Crippen MR) is 98.0 cm³/mol. The molecule has 0 radical (unpaired) electrons. The molecule has 0 saturated heterocycles. The van der Waals surface area contributed by atoms with Crippen LogP contribution >= 0.6 is 0 Å². The number of aliphatic hydroxyl groups excluding tert-OH is 1. The summed E-state index contributed by atoms with van der Waals surface area (Å²) in [5, 5.41) is 22.1. The van der Waals surface area contributed by atoms with E-state index >= 15 is 0 Å². The standard InChI is InChI=1S/C22H36O3/c1-20-10-8-17(24)14-16(20)5-6-19-18(20)9-11-21(2)15(4-3-13-23)7-12-22(19,21)25/h13,15-19,24-25H,3-12,14H2,1-2H3. The lowest BCUT2D eigenvalue weighted by atomic mass is 9.43. The largest absolute Gasteiger partial charge is 0.393 e. The highest BCUT2D eigenvalue weighted by atomic mass is 16.3. The van der Waals surface area contributed by atoms with Gasteiger partial charge in [0.1, 0.15) is 6.29 Å². The molecule has 0 amide bonds. The molecule has 8 unspecified atom stereocenters. The van der Waals surface area contributed by atoms with Gasteiger partial charge >= 0.3 is 0 Å². The molecule has 3 heteroatoms. The second kappa shape index (κ2) is 6.05. The van der Waals surface area contributed by atoms with E-state index in [4.69, 9.17) is 0 Å². The summed E-state index contributed by atoms with van der Waals surface area (Å²) >= 11 is 0. The van der Waals surface area contributed by atoms with Gasteiger partial charge in [-0.25, -0.2) is 0 Å². The maximum atomic E-state index is 12.0. The van der Waals surface area contributed by atoms with Gasteiger partial charge in [0.2, 0.25) is 0 Å². The van der Waals surface area contributed by atoms with Gasteiger partial charge in [0.15, 0.2) is 0 Å². The first-order valence-electron chi connectivity index (χ1n) is 10.7. The van der Waals surface area contributed by atoms with Gasteiger partial charge in [-0.3, -0.25) is 0 Å². The third kappa shape index (κ3) is 2.41. The Morgan fingerprint density at radius 2 is 1.80 bits per heavy atom. The SMILES string of the molecule is CC12CCC(O)CC1CCC1C2CCC2(C)C(CCC=O)CCC12O. The van der Waals surface area contributed by atoms with E-state index in [2.05, 4.69) is 13.8 Å². The molecule has 4 saturated carbocycles. The van der Waals surface area contributed by atoms with Crippen molar-refractivity contribution in [3.8, 4) is 0 Å². The molecule has 25 heavy (non-hydrogen) atoms. The summed E-state index contributed by atoms with van der Waals surface area (Å²) in [4.78, 5) is 10.9. The molecule has 0 aromatic heterocycles. The molecule has 4 fully saturated rings. The molecule has 0 bridgehead atoms. The van der Waals surface area contributed by atoms with E-state index in [-0.39, 0.29) is 11.5 Å². The smallest absolute Gasteiger partial charge is 0.120 e. The second-order valence-corrected chi connectivity index (χ2v) is 10.3. The summed E-state index contributed by atoms with van der Waals surface area (Å²) in [5.74, 6) is 2.17. The molecule has 4 aliphatic rings. The van der Waals surface area contributed by atoms with Crippen molar-refractivity contribution in [2.75, 3.05) is 0 Å². The first-order chi connectivity index (χ1) is 11.8. The maximum absolute atomic E-state index is 12.0. The zero-order chi connectivity index (χ0) is 17.9. The number of hydrogen-bond donors (Lipinski definition) is 2. The van der Waals surface area contributed by atoms with Crippen LogP contribution in [-0.2, 0) is 4.79 Å². The molecule has 4 rings (SSSR count). The fourth-order valence-electron chi connectivity index (χ4n) is 8.05. The summed E-state index contributed by atoms with van der Waals surface area (Å²) in [7, 11) is 0. The van der Waals surface area contributed by atoms with Crippen molar-refractivity contribution in [1.82, 2.24) is 0 Å². The van der Waals surface area contributed by atoms with Crippen LogP contribution in [0.1, 0.15) is 84.5 Å². The second-order valence-electron chi connectivity index (χ2n) is 10.3. The highest BCUT2D eigenvalue weighted by molar-refractivity contribution is 5.49. The molecular formula is C22H36O3. The van der Waals surface area contributed by atoms with Crippen LogP contribution < -0.4 is 0 Å². The minimum absolute atomic E-state index is 0.00540. The predicted octanol–water partition coefficient (Wildman–Crippen LogP) is 4.10. The molecule has 0 aromatic rings. The van der Waals surface area contributed by atoms with Gasteiger partial charge in [0, 0.05) is 6.42 Å². The molecule has 0 aromatic carbocycles. The first-order valence-corrected chi connectivity index (χ1v) is 10.7. The fourth-order valence-corrected chi connectivity index (χ4v) is 8.05. The topological polar surface area (TPSA) is 57.5 Å². The number of rotatable bonds is 3. The molecule has 8 atom stereocenters. The van der Waals surface area contributed by atoms with Crippen LogP contribution in [0.25, 0.3) is 0 Å². The minimum Gasteiger partial charge on any atom is -0.393 e. The third-order valence-corrected chi connectivity index (χ3v) is 9.65. The summed E-state index contributed by atoms with van der Waals surface area (Å²) in [6.45, 7) is 4.79. The summed E-state index contributed by atoms with van der Waals surface area (Å²) in [6, 6.07) is 0. The van der Waals surface area contributed by atoms with Crippen LogP contribution in [0.5, 0.6) is 0 Å². The van der Waals surface area contributed by atoms with Crippen LogP contribution in [0.4, 0.5) is 0 Å². The zero-order valence-electron chi connectivity index (χ0n) is 16.0. The quantitative estimate of drug-likeness (QED) is 0.755. The van der Waals surface area contributed by atoms with Crippen LogP contribution in [-0.4, -0.2) is 28.2 Å². The van der Waals surface area contributed by atoms with Crippen molar-refractivity contribution in [3.63, 3.8) is 0 Å². The molecule has 2 N–H and O–H groups in total. The lowest BCUT2D eigenvalue weighted by molar-refractivity contribution is -0.210. The number of carbonyl (C=O) groups excluding carboxylic acids is 1. The Morgan fingerprint density at radius 1 is 1.00 bits per heavy atom. The van der Waals surface area contributed by atoms with E-state index in [1.54, 1.807) is 0 Å². The molecule has 3 nitrogen and oxygen atoms in total. The molecule has 142 valence electrons. The number of hydrogen-bond acceptors (Lipinski definition) is 3. The summed E-state index contributed by atoms with van der Waals surface area (Å²) in [6.07, 6.45) is 12.2. The van der Waals surface area contributed by atoms with Crippen molar-refractivity contribution in [3.05, 3.63) is 0 Å². The number of carbonyl (C=O) groups is 1. The van der Waals surface area contributed by atoms with Gasteiger partial charge in [-0.1, -0.05) is 13.8 Å². The molecule has 4 aliphatic carbocycles. The first kappa shape index (κ1) is 18.0. The van der Waals surface area contributed by atoms with Gasteiger partial charge in [-0.15, -0.1) is 0 Å². The highest BCUT2D eigenvalue weighted by Gasteiger charge is 2.66. The van der Waals surface area contributed by atoms with Crippen molar-refractivity contribution < 1.29 is 15.0 Å². The van der Waals surface area contributed by atoms with Gasteiger partial charge in [0.25, 0.3) is 0 Å². The lowest BCUT2D eigenvalue weighted by Gasteiger charge is -2.63. The van der Waals surface area contributed by atoms with Gasteiger partial charge < -0.3 is 15.0 Å². The van der Waals surface area contributed by atoms with Gasteiger partial charge in [0.05, 0.1) is 11.7 Å². The zero-order valence-corrected chi connectivity index (χ0v) is 16.0. The van der Waals surface area contributed by atoms with Crippen LogP contribution in [0.15, 0.2) is 0 Å². The normalized spacial score (nSPS) is 55.1. The van der Waals surface area contributed by atoms with Crippen molar-refractivity contribution in [2.24, 2.45) is 34.5 Å². The van der Waals surface area contributed by atoms with E-state index in [0.717, 1.165) is 57.7 Å². The van der Waals surface area contributed by atoms with Crippen LogP contribution in [0.2, 0.25) is 0 Å². The van der Waals surface area contributed by atoms with Crippen molar-refractivity contribution in [1.29, 1.82) is 0 Å². The fraction of sp³-hybridized carbons (Fsp3) is 0.955. The Balaban J connectivity index is 1.61. The Kier molecular flexibility index (Phi) is 4.35. The molecule has 0 heterocycles. The van der Waals surface area contributed by atoms with Gasteiger partial charge in [-0.2, -0.15) is 0 Å². The Labute approximate surface area is 152 Å². The monoisotopic (exact) mass is 348 g/mol. The lowest BCUT2D eigenvalue weighted by Crippen LogP contribution is -2.62. The Hall–Kier alpha value is -0.410. The van der Waals surface area contributed by atoms with Crippen molar-refractivity contribution >= 4 is 6.29 Å². The van der Waals surface area contributed by atoms with E-state index < -0.39 is 5.60 Å². The average Bonchev–Trinajstić information content (AvgIpc) is 2.85. The van der Waals surface area contributed by atoms with Crippen LogP contribution in [0.3, 0.4) is 0 Å².